The fourth-order valence-electron chi connectivity index (χ4n) is 1.00. The third kappa shape index (κ3) is 5.22. The predicted octanol–water partition coefficient (Wildman–Crippen LogP) is 0.182. The summed E-state index contributed by atoms with van der Waals surface area (Å²) in [6.45, 7) is 4.06. The normalized spacial score (nSPS) is 16.5. The van der Waals surface area contributed by atoms with Gasteiger partial charge in [0.15, 0.2) is 0 Å². The lowest BCUT2D eigenvalue weighted by molar-refractivity contribution is -0.123. The summed E-state index contributed by atoms with van der Waals surface area (Å²) in [4.78, 5) is 11.8. The molecule has 0 heterocycles. The molecule has 6 heteroatoms. The average Bonchev–Trinajstić information content (AvgIpc) is 2.14. The lowest BCUT2D eigenvalue weighted by atomic mass is 10.1. The molecule has 0 aromatic carbocycles. The maximum Gasteiger partial charge on any atom is 0.229 e. The number of nitrogens with one attached hydrogen (secondary N) is 1. The highest BCUT2D eigenvalue weighted by molar-refractivity contribution is 7.84. The van der Waals surface area contributed by atoms with Crippen LogP contribution in [0.3, 0.4) is 0 Å². The number of rotatable bonds is 6. The van der Waals surface area contributed by atoms with Crippen molar-refractivity contribution in [2.75, 3.05) is 12.8 Å². The van der Waals surface area contributed by atoms with Crippen LogP contribution in [0.2, 0.25) is 0 Å². The molecular weight excluding hydrogens is 232 g/mol. The Labute approximate surface area is 98.4 Å². The van der Waals surface area contributed by atoms with Crippen molar-refractivity contribution in [1.29, 1.82) is 0 Å². The van der Waals surface area contributed by atoms with Crippen molar-refractivity contribution in [2.24, 2.45) is 11.7 Å². The molecule has 0 saturated heterocycles. The van der Waals surface area contributed by atoms with Gasteiger partial charge in [0.05, 0.1) is 10.9 Å². The summed E-state index contributed by atoms with van der Waals surface area (Å²) in [5, 5.41) is 2.64. The minimum atomic E-state index is -0.931. The third-order valence-electron chi connectivity index (χ3n) is 2.20. The molecule has 15 heavy (non-hydrogen) atoms. The van der Waals surface area contributed by atoms with Crippen LogP contribution in [0.25, 0.3) is 0 Å². The molecule has 0 bridgehead atoms. The van der Waals surface area contributed by atoms with E-state index in [1.54, 1.807) is 6.26 Å². The monoisotopic (exact) mass is 250 g/mol. The zero-order valence-electron chi connectivity index (χ0n) is 9.28. The Hall–Kier alpha value is -0.490. The third-order valence-corrected chi connectivity index (χ3v) is 3.78. The highest BCUT2D eigenvalue weighted by Crippen LogP contribution is 2.03. The quantitative estimate of drug-likeness (QED) is 0.660. The molecule has 88 valence electrons. The minimum absolute atomic E-state index is 0.0576. The molecule has 1 amide bonds. The van der Waals surface area contributed by atoms with Gasteiger partial charge in [-0.15, -0.1) is 0 Å². The minimum Gasteiger partial charge on any atom is -0.393 e. The molecule has 3 unspecified atom stereocenters. The Morgan fingerprint density at radius 2 is 2.13 bits per heavy atom. The van der Waals surface area contributed by atoms with Gasteiger partial charge in [-0.05, 0) is 13.3 Å². The average molecular weight is 250 g/mol. The number of hydrogen-bond acceptors (Lipinski definition) is 3. The molecule has 0 spiro atoms. The second kappa shape index (κ2) is 6.90. The summed E-state index contributed by atoms with van der Waals surface area (Å²) in [7, 11) is -0.931. The van der Waals surface area contributed by atoms with Gasteiger partial charge in [-0.1, -0.05) is 19.1 Å². The van der Waals surface area contributed by atoms with Crippen molar-refractivity contribution in [3.05, 3.63) is 0 Å². The van der Waals surface area contributed by atoms with E-state index in [-0.39, 0.29) is 16.1 Å². The number of hydrogen-bond donors (Lipinski definition) is 2. The van der Waals surface area contributed by atoms with Gasteiger partial charge in [0.1, 0.15) is 0 Å². The van der Waals surface area contributed by atoms with Gasteiger partial charge < -0.3 is 11.1 Å². The molecule has 3 atom stereocenters. The van der Waals surface area contributed by atoms with E-state index in [2.05, 4.69) is 5.32 Å². The first-order chi connectivity index (χ1) is 6.90. The molecule has 0 aliphatic heterocycles. The van der Waals surface area contributed by atoms with Crippen molar-refractivity contribution < 1.29 is 9.00 Å². The predicted molar refractivity (Wildman–Crippen MR) is 67.1 cm³/mol. The van der Waals surface area contributed by atoms with E-state index in [1.165, 1.54) is 0 Å². The lowest BCUT2D eigenvalue weighted by Gasteiger charge is -2.15. The Morgan fingerprint density at radius 1 is 1.60 bits per heavy atom. The molecule has 0 aliphatic rings. The van der Waals surface area contributed by atoms with Gasteiger partial charge in [-0.2, -0.15) is 0 Å². The standard InChI is InChI=1S/C9H18N2O2S2/c1-4-7(8(10)14)9(12)11-5-6(2)15(3)13/h6-7H,4-5H2,1-3H3,(H2,10,14)(H,11,12). The van der Waals surface area contributed by atoms with Gasteiger partial charge in [-0.25, -0.2) is 0 Å². The van der Waals surface area contributed by atoms with E-state index in [1.807, 2.05) is 13.8 Å². The second-order valence-electron chi connectivity index (χ2n) is 3.42. The number of amides is 1. The Morgan fingerprint density at radius 3 is 2.47 bits per heavy atom. The van der Waals surface area contributed by atoms with Crippen LogP contribution in [0.1, 0.15) is 20.3 Å². The van der Waals surface area contributed by atoms with E-state index >= 15 is 0 Å². The van der Waals surface area contributed by atoms with E-state index in [0.29, 0.717) is 13.0 Å². The maximum absolute atomic E-state index is 11.6. The fourth-order valence-corrected chi connectivity index (χ4v) is 1.59. The van der Waals surface area contributed by atoms with Gasteiger partial charge in [0, 0.05) is 28.9 Å². The Kier molecular flexibility index (Phi) is 6.67. The van der Waals surface area contributed by atoms with Crippen molar-refractivity contribution in [2.45, 2.75) is 25.5 Å². The molecule has 0 aliphatic carbocycles. The molecule has 0 saturated carbocycles. The van der Waals surface area contributed by atoms with Gasteiger partial charge in [0.2, 0.25) is 5.91 Å². The number of nitrogens with two attached hydrogens (primary N) is 1. The van der Waals surface area contributed by atoms with Crippen LogP contribution in [-0.4, -0.2) is 33.2 Å². The van der Waals surface area contributed by atoms with Crippen LogP contribution in [-0.2, 0) is 15.6 Å². The topological polar surface area (TPSA) is 72.2 Å². The largest absolute Gasteiger partial charge is 0.393 e. The smallest absolute Gasteiger partial charge is 0.229 e. The first-order valence-corrected chi connectivity index (χ1v) is 6.82. The van der Waals surface area contributed by atoms with Crippen molar-refractivity contribution in [3.8, 4) is 0 Å². The van der Waals surface area contributed by atoms with Crippen molar-refractivity contribution >= 4 is 33.9 Å². The molecule has 3 N–H and O–H groups in total. The summed E-state index contributed by atoms with van der Waals surface area (Å²) in [6.07, 6.45) is 2.20. The summed E-state index contributed by atoms with van der Waals surface area (Å²) >= 11 is 4.78. The van der Waals surface area contributed by atoms with Crippen LogP contribution in [0.4, 0.5) is 0 Å². The van der Waals surface area contributed by atoms with E-state index in [0.717, 1.165) is 0 Å². The molecule has 4 nitrogen and oxygen atoms in total. The highest BCUT2D eigenvalue weighted by atomic mass is 32.2. The molecule has 0 aromatic heterocycles. The van der Waals surface area contributed by atoms with Crippen LogP contribution >= 0.6 is 12.2 Å². The molecular formula is C9H18N2O2S2. The molecule has 0 fully saturated rings. The van der Waals surface area contributed by atoms with Crippen molar-refractivity contribution in [3.63, 3.8) is 0 Å². The van der Waals surface area contributed by atoms with Gasteiger partial charge in [-0.3, -0.25) is 9.00 Å². The summed E-state index contributed by atoms with van der Waals surface area (Å²) in [6, 6.07) is 0. The number of thiocarbonyl (C=S) groups is 1. The molecule has 0 rings (SSSR count). The Bertz CT molecular complexity index is 269. The zero-order valence-corrected chi connectivity index (χ0v) is 10.9. The molecule has 0 aromatic rings. The van der Waals surface area contributed by atoms with Crippen molar-refractivity contribution in [1.82, 2.24) is 5.32 Å². The van der Waals surface area contributed by atoms with Crippen LogP contribution in [0.5, 0.6) is 0 Å². The first-order valence-electron chi connectivity index (χ1n) is 4.79. The highest BCUT2D eigenvalue weighted by Gasteiger charge is 2.19. The number of carbonyl (C=O) groups excluding carboxylic acids is 1. The summed E-state index contributed by atoms with van der Waals surface area (Å²) in [5.41, 5.74) is 5.42. The van der Waals surface area contributed by atoms with Crippen LogP contribution in [0, 0.1) is 5.92 Å². The first kappa shape index (κ1) is 14.5. The van der Waals surface area contributed by atoms with E-state index in [9.17, 15) is 9.00 Å². The van der Waals surface area contributed by atoms with E-state index < -0.39 is 16.7 Å². The van der Waals surface area contributed by atoms with Gasteiger partial charge in [0.25, 0.3) is 0 Å². The number of carbonyl (C=O) groups is 1. The summed E-state index contributed by atoms with van der Waals surface area (Å²) in [5.74, 6) is -0.597. The maximum atomic E-state index is 11.6. The lowest BCUT2D eigenvalue weighted by Crippen LogP contribution is -2.40. The SMILES string of the molecule is CCC(C(=O)NCC(C)S(C)=O)C(N)=S. The Balaban J connectivity index is 4.13. The second-order valence-corrected chi connectivity index (χ2v) is 5.69. The van der Waals surface area contributed by atoms with Crippen LogP contribution in [0.15, 0.2) is 0 Å². The van der Waals surface area contributed by atoms with E-state index in [4.69, 9.17) is 18.0 Å². The van der Waals surface area contributed by atoms with Crippen LogP contribution < -0.4 is 11.1 Å². The zero-order chi connectivity index (χ0) is 12.0. The fraction of sp³-hybridized carbons (Fsp3) is 0.778. The van der Waals surface area contributed by atoms with Gasteiger partial charge >= 0.3 is 0 Å². The summed E-state index contributed by atoms with van der Waals surface area (Å²) < 4.78 is 11.0. The molecule has 0 radical (unpaired) electrons.